The number of ether oxygens (including phenoxy) is 1. The van der Waals surface area contributed by atoms with Crippen molar-refractivity contribution in [2.24, 2.45) is 5.73 Å². The molecule has 2 N–H and O–H groups in total. The predicted octanol–water partition coefficient (Wildman–Crippen LogP) is 3.21. The van der Waals surface area contributed by atoms with E-state index in [1.54, 1.807) is 0 Å². The van der Waals surface area contributed by atoms with Gasteiger partial charge in [-0.15, -0.1) is 0 Å². The molecule has 3 nitrogen and oxygen atoms in total. The van der Waals surface area contributed by atoms with E-state index >= 15 is 0 Å². The van der Waals surface area contributed by atoms with Gasteiger partial charge in [-0.1, -0.05) is 19.1 Å². The zero-order valence-corrected chi connectivity index (χ0v) is 12.9. The second kappa shape index (κ2) is 6.92. The van der Waals surface area contributed by atoms with Gasteiger partial charge in [0.15, 0.2) is 0 Å². The molecule has 0 amide bonds. The van der Waals surface area contributed by atoms with Crippen LogP contribution >= 0.6 is 0 Å². The zero-order valence-electron chi connectivity index (χ0n) is 12.9. The van der Waals surface area contributed by atoms with Crippen LogP contribution in [0.5, 0.6) is 5.75 Å². The van der Waals surface area contributed by atoms with Gasteiger partial charge in [0.2, 0.25) is 0 Å². The Balaban J connectivity index is 2.99. The van der Waals surface area contributed by atoms with Crippen molar-refractivity contribution in [3.8, 4) is 5.75 Å². The third kappa shape index (κ3) is 3.95. The normalized spacial score (nSPS) is 13.6. The van der Waals surface area contributed by atoms with Gasteiger partial charge in [-0.25, -0.2) is 0 Å². The summed E-state index contributed by atoms with van der Waals surface area (Å²) in [5.74, 6) is 0.918. The van der Waals surface area contributed by atoms with Gasteiger partial charge >= 0.3 is 0 Å². The van der Waals surface area contributed by atoms with Gasteiger partial charge in [0.1, 0.15) is 5.75 Å². The van der Waals surface area contributed by atoms with Crippen molar-refractivity contribution >= 4 is 0 Å². The molecule has 1 rings (SSSR count). The third-order valence-electron chi connectivity index (χ3n) is 4.06. The minimum absolute atomic E-state index is 0.131. The van der Waals surface area contributed by atoms with Crippen LogP contribution in [0.25, 0.3) is 0 Å². The fourth-order valence-electron chi connectivity index (χ4n) is 2.17. The highest BCUT2D eigenvalue weighted by Crippen LogP contribution is 2.29. The number of likely N-dealkylation sites (N-methyl/N-ethyl adjacent to an activating group) is 1. The summed E-state index contributed by atoms with van der Waals surface area (Å²) in [6, 6.07) is 8.47. The fraction of sp³-hybridized carbons (Fsp3) is 0.625. The maximum atomic E-state index is 6.00. The van der Waals surface area contributed by atoms with Gasteiger partial charge in [0.05, 0.1) is 6.61 Å². The molecule has 108 valence electrons. The maximum absolute atomic E-state index is 6.00. The quantitative estimate of drug-likeness (QED) is 0.822. The van der Waals surface area contributed by atoms with Crippen LogP contribution in [0.2, 0.25) is 0 Å². The Morgan fingerprint density at radius 1 is 1.32 bits per heavy atom. The molecular weight excluding hydrogens is 236 g/mol. The Morgan fingerprint density at radius 3 is 2.53 bits per heavy atom. The van der Waals surface area contributed by atoms with Crippen molar-refractivity contribution in [1.82, 2.24) is 4.90 Å². The third-order valence-corrected chi connectivity index (χ3v) is 4.06. The topological polar surface area (TPSA) is 38.5 Å². The average molecular weight is 264 g/mol. The van der Waals surface area contributed by atoms with E-state index in [0.29, 0.717) is 13.2 Å². The highest BCUT2D eigenvalue weighted by atomic mass is 16.5. The molecule has 0 saturated heterocycles. The van der Waals surface area contributed by atoms with Gasteiger partial charge < -0.3 is 10.5 Å². The number of benzene rings is 1. The molecule has 0 aliphatic rings. The van der Waals surface area contributed by atoms with Crippen LogP contribution in [-0.2, 0) is 0 Å². The largest absolute Gasteiger partial charge is 0.494 e. The monoisotopic (exact) mass is 264 g/mol. The lowest BCUT2D eigenvalue weighted by Crippen LogP contribution is -2.45. The van der Waals surface area contributed by atoms with E-state index in [1.807, 2.05) is 19.1 Å². The lowest BCUT2D eigenvalue weighted by molar-refractivity contribution is 0.100. The Morgan fingerprint density at radius 2 is 2.00 bits per heavy atom. The fourth-order valence-corrected chi connectivity index (χ4v) is 2.17. The molecular formula is C16H28N2O. The average Bonchev–Trinajstić information content (AvgIpc) is 2.40. The van der Waals surface area contributed by atoms with E-state index < -0.39 is 0 Å². The number of hydrogen-bond acceptors (Lipinski definition) is 3. The molecule has 0 aromatic heterocycles. The van der Waals surface area contributed by atoms with Crippen molar-refractivity contribution < 1.29 is 4.74 Å². The summed E-state index contributed by atoms with van der Waals surface area (Å²) in [6.07, 6.45) is 1.09. The second-order valence-electron chi connectivity index (χ2n) is 5.53. The molecule has 0 fully saturated rings. The summed E-state index contributed by atoms with van der Waals surface area (Å²) in [7, 11) is 2.15. The van der Waals surface area contributed by atoms with E-state index in [9.17, 15) is 0 Å². The van der Waals surface area contributed by atoms with Gasteiger partial charge in [-0.2, -0.15) is 0 Å². The van der Waals surface area contributed by atoms with Crippen LogP contribution in [-0.4, -0.2) is 30.6 Å². The van der Waals surface area contributed by atoms with E-state index in [2.05, 4.69) is 44.9 Å². The molecule has 0 heterocycles. The molecule has 0 bridgehead atoms. The molecule has 1 aromatic carbocycles. The van der Waals surface area contributed by atoms with Gasteiger partial charge in [0, 0.05) is 18.1 Å². The summed E-state index contributed by atoms with van der Waals surface area (Å²) >= 11 is 0. The Kier molecular flexibility index (Phi) is 5.83. The first-order chi connectivity index (χ1) is 8.96. The van der Waals surface area contributed by atoms with Crippen molar-refractivity contribution in [2.45, 2.75) is 45.7 Å². The lowest BCUT2D eigenvalue weighted by Gasteiger charge is -2.40. The minimum Gasteiger partial charge on any atom is -0.494 e. The van der Waals surface area contributed by atoms with E-state index in [-0.39, 0.29) is 11.6 Å². The van der Waals surface area contributed by atoms with Crippen molar-refractivity contribution in [2.75, 3.05) is 20.2 Å². The summed E-state index contributed by atoms with van der Waals surface area (Å²) in [5, 5.41) is 0. The Labute approximate surface area is 117 Å². The second-order valence-corrected chi connectivity index (χ2v) is 5.53. The van der Waals surface area contributed by atoms with Gasteiger partial charge in [-0.05, 0) is 51.9 Å². The van der Waals surface area contributed by atoms with Gasteiger partial charge in [0.25, 0.3) is 0 Å². The van der Waals surface area contributed by atoms with Crippen molar-refractivity contribution in [3.63, 3.8) is 0 Å². The number of hydrogen-bond donors (Lipinski definition) is 1. The van der Waals surface area contributed by atoms with Crippen LogP contribution < -0.4 is 10.5 Å². The summed E-state index contributed by atoms with van der Waals surface area (Å²) in [4.78, 5) is 2.36. The number of nitrogens with zero attached hydrogens (tertiary/aromatic N) is 1. The summed E-state index contributed by atoms with van der Waals surface area (Å²) in [5.41, 5.74) is 7.35. The molecule has 1 aromatic rings. The van der Waals surface area contributed by atoms with Crippen molar-refractivity contribution in [3.05, 3.63) is 29.8 Å². The molecule has 0 aliphatic carbocycles. The molecule has 1 atom stereocenters. The highest BCUT2D eigenvalue weighted by molar-refractivity contribution is 5.31. The number of rotatable bonds is 7. The van der Waals surface area contributed by atoms with Crippen LogP contribution in [0, 0.1) is 0 Å². The molecule has 3 heteroatoms. The first kappa shape index (κ1) is 16.0. The highest BCUT2D eigenvalue weighted by Gasteiger charge is 2.28. The molecule has 0 spiro atoms. The first-order valence-electron chi connectivity index (χ1n) is 7.12. The summed E-state index contributed by atoms with van der Waals surface area (Å²) in [6.45, 7) is 10.0. The van der Waals surface area contributed by atoms with Crippen LogP contribution in [0.1, 0.15) is 45.7 Å². The standard InChI is InChI=1S/C16H28N2O/c1-6-16(3,4)18(5)15(12-17)13-9-8-10-14(11-13)19-7-2/h8-11,15H,6-7,12,17H2,1-5H3. The zero-order chi connectivity index (χ0) is 14.5. The van der Waals surface area contributed by atoms with E-state index in [4.69, 9.17) is 10.5 Å². The van der Waals surface area contributed by atoms with Crippen LogP contribution in [0.3, 0.4) is 0 Å². The Hall–Kier alpha value is -1.06. The Bertz CT molecular complexity index is 390. The molecule has 0 radical (unpaired) electrons. The molecule has 0 aliphatic heterocycles. The lowest BCUT2D eigenvalue weighted by atomic mass is 9.95. The first-order valence-corrected chi connectivity index (χ1v) is 7.12. The van der Waals surface area contributed by atoms with E-state index in [0.717, 1.165) is 12.2 Å². The molecule has 0 saturated carbocycles. The molecule has 19 heavy (non-hydrogen) atoms. The molecule has 1 unspecified atom stereocenters. The van der Waals surface area contributed by atoms with Crippen LogP contribution in [0.15, 0.2) is 24.3 Å². The van der Waals surface area contributed by atoms with E-state index in [1.165, 1.54) is 5.56 Å². The van der Waals surface area contributed by atoms with Crippen LogP contribution in [0.4, 0.5) is 0 Å². The minimum atomic E-state index is 0.131. The summed E-state index contributed by atoms with van der Waals surface area (Å²) < 4.78 is 5.57. The number of nitrogens with two attached hydrogens (primary N) is 1. The maximum Gasteiger partial charge on any atom is 0.119 e. The predicted molar refractivity (Wildman–Crippen MR) is 81.5 cm³/mol. The van der Waals surface area contributed by atoms with Crippen molar-refractivity contribution in [1.29, 1.82) is 0 Å². The SMILES string of the molecule is CCOc1cccc(C(CN)N(C)C(C)(C)CC)c1. The smallest absolute Gasteiger partial charge is 0.119 e. The van der Waals surface area contributed by atoms with Gasteiger partial charge in [-0.3, -0.25) is 4.90 Å².